The van der Waals surface area contributed by atoms with Crippen LogP contribution in [0.4, 0.5) is 0 Å². The van der Waals surface area contributed by atoms with Crippen LogP contribution in [0.15, 0.2) is 42.2 Å². The van der Waals surface area contributed by atoms with Gasteiger partial charge in [-0.3, -0.25) is 4.79 Å². The average molecular weight is 363 g/mol. The second-order valence-electron chi connectivity index (χ2n) is 6.73. The molecule has 2 aliphatic heterocycles. The summed E-state index contributed by atoms with van der Waals surface area (Å²) in [5, 5.41) is 13.2. The minimum atomic E-state index is -0.181. The van der Waals surface area contributed by atoms with E-state index in [0.717, 1.165) is 38.3 Å². The van der Waals surface area contributed by atoms with E-state index < -0.39 is 0 Å². The molecule has 6 heteroatoms. The van der Waals surface area contributed by atoms with Crippen LogP contribution in [0.5, 0.6) is 5.75 Å². The van der Waals surface area contributed by atoms with Gasteiger partial charge in [-0.25, -0.2) is 0 Å². The first kappa shape index (κ1) is 17.8. The lowest BCUT2D eigenvalue weighted by atomic mass is 9.90. The van der Waals surface area contributed by atoms with Crippen molar-refractivity contribution in [3.63, 3.8) is 0 Å². The fourth-order valence-electron chi connectivity index (χ4n) is 3.16. The number of aromatic hydroxyl groups is 1. The summed E-state index contributed by atoms with van der Waals surface area (Å²) in [6.07, 6.45) is 8.05. The molecular weight excluding hydrogens is 340 g/mol. The molecule has 2 heterocycles. The van der Waals surface area contributed by atoms with E-state index in [2.05, 4.69) is 17.1 Å². The van der Waals surface area contributed by atoms with Crippen molar-refractivity contribution in [2.75, 3.05) is 19.8 Å². The van der Waals surface area contributed by atoms with Crippen molar-refractivity contribution in [3.05, 3.63) is 52.8 Å². The number of amides is 1. The molecule has 1 amide bonds. The molecule has 0 unspecified atom stereocenters. The third-order valence-electron chi connectivity index (χ3n) is 4.88. The fraction of sp³-hybridized carbons (Fsp3) is 0.421. The molecule has 3 rings (SSSR count). The Morgan fingerprint density at radius 1 is 1.40 bits per heavy atom. The standard InChI is InChI=1S/C19H23ClN2O3/c1-19(6-10-25-11-7-19)22-8-4-16(5-9-22)21-18(24)13-14-12-15(20)2-3-17(14)23/h2-5,8,12,23H,6-7,9-11,13H2,1H3,(H,21,24). The number of allylic oxidation sites excluding steroid dienone is 1. The van der Waals surface area contributed by atoms with Gasteiger partial charge in [0.15, 0.2) is 0 Å². The summed E-state index contributed by atoms with van der Waals surface area (Å²) in [5.41, 5.74) is 1.40. The van der Waals surface area contributed by atoms with Crippen LogP contribution in [0, 0.1) is 0 Å². The molecular formula is C19H23ClN2O3. The monoisotopic (exact) mass is 362 g/mol. The summed E-state index contributed by atoms with van der Waals surface area (Å²) in [6, 6.07) is 4.70. The molecule has 5 nitrogen and oxygen atoms in total. The Hall–Kier alpha value is -1.98. The van der Waals surface area contributed by atoms with Crippen LogP contribution in [0.1, 0.15) is 25.3 Å². The lowest BCUT2D eigenvalue weighted by Crippen LogP contribution is -2.48. The number of halogens is 1. The average Bonchev–Trinajstić information content (AvgIpc) is 2.59. The highest BCUT2D eigenvalue weighted by Crippen LogP contribution is 2.29. The third-order valence-corrected chi connectivity index (χ3v) is 5.12. The third kappa shape index (κ3) is 4.35. The van der Waals surface area contributed by atoms with Gasteiger partial charge >= 0.3 is 0 Å². The fourth-order valence-corrected chi connectivity index (χ4v) is 3.36. The number of benzene rings is 1. The number of phenols is 1. The summed E-state index contributed by atoms with van der Waals surface area (Å²) < 4.78 is 5.45. The van der Waals surface area contributed by atoms with Gasteiger partial charge in [-0.1, -0.05) is 11.6 Å². The summed E-state index contributed by atoms with van der Waals surface area (Å²) in [7, 11) is 0. The first-order valence-electron chi connectivity index (χ1n) is 8.46. The Labute approximate surface area is 152 Å². The summed E-state index contributed by atoms with van der Waals surface area (Å²) >= 11 is 5.92. The van der Waals surface area contributed by atoms with Gasteiger partial charge in [-0.15, -0.1) is 0 Å². The van der Waals surface area contributed by atoms with E-state index in [-0.39, 0.29) is 23.6 Å². The molecule has 25 heavy (non-hydrogen) atoms. The van der Waals surface area contributed by atoms with Gasteiger partial charge in [0.1, 0.15) is 5.75 Å². The van der Waals surface area contributed by atoms with Gasteiger partial charge in [0.05, 0.1) is 6.42 Å². The molecule has 0 aliphatic carbocycles. The summed E-state index contributed by atoms with van der Waals surface area (Å²) in [5.74, 6) is -0.106. The molecule has 0 aromatic heterocycles. The molecule has 0 atom stereocenters. The molecule has 1 aromatic carbocycles. The maximum absolute atomic E-state index is 12.2. The molecule has 1 fully saturated rings. The van der Waals surface area contributed by atoms with Crippen molar-refractivity contribution in [1.29, 1.82) is 0 Å². The van der Waals surface area contributed by atoms with Gasteiger partial charge in [0, 0.05) is 47.8 Å². The molecule has 1 saturated heterocycles. The number of ether oxygens (including phenoxy) is 1. The van der Waals surface area contributed by atoms with E-state index in [1.807, 2.05) is 18.4 Å². The highest BCUT2D eigenvalue weighted by molar-refractivity contribution is 6.30. The molecule has 2 N–H and O–H groups in total. The second-order valence-corrected chi connectivity index (χ2v) is 7.17. The lowest BCUT2D eigenvalue weighted by Gasteiger charge is -2.44. The van der Waals surface area contributed by atoms with E-state index >= 15 is 0 Å². The van der Waals surface area contributed by atoms with Crippen LogP contribution in [0.3, 0.4) is 0 Å². The predicted molar refractivity (Wildman–Crippen MR) is 97.4 cm³/mol. The van der Waals surface area contributed by atoms with Crippen molar-refractivity contribution < 1.29 is 14.6 Å². The molecule has 0 bridgehead atoms. The maximum atomic E-state index is 12.2. The molecule has 1 aromatic rings. The molecule has 2 aliphatic rings. The Kier molecular flexibility index (Phi) is 5.35. The Balaban J connectivity index is 1.56. The number of carbonyl (C=O) groups excluding carboxylic acids is 1. The van der Waals surface area contributed by atoms with Crippen LogP contribution < -0.4 is 5.32 Å². The van der Waals surface area contributed by atoms with E-state index in [4.69, 9.17) is 16.3 Å². The zero-order chi connectivity index (χ0) is 17.9. The van der Waals surface area contributed by atoms with E-state index in [1.165, 1.54) is 6.07 Å². The van der Waals surface area contributed by atoms with Gasteiger partial charge < -0.3 is 20.1 Å². The SMILES string of the molecule is CC1(N2C=CC(NC(=O)Cc3cc(Cl)ccc3O)=CC2)CCOCC1. The zero-order valence-electron chi connectivity index (χ0n) is 14.3. The number of hydrogen-bond acceptors (Lipinski definition) is 4. The second kappa shape index (κ2) is 7.50. The summed E-state index contributed by atoms with van der Waals surface area (Å²) in [6.45, 7) is 4.58. The van der Waals surface area contributed by atoms with Gasteiger partial charge in [-0.05, 0) is 50.1 Å². The van der Waals surface area contributed by atoms with Crippen LogP contribution in [-0.4, -0.2) is 41.2 Å². The number of phenolic OH excluding ortho intramolecular Hbond substituents is 1. The van der Waals surface area contributed by atoms with Crippen molar-refractivity contribution in [3.8, 4) is 5.75 Å². The number of nitrogens with one attached hydrogen (secondary N) is 1. The van der Waals surface area contributed by atoms with Gasteiger partial charge in [0.2, 0.25) is 5.91 Å². The minimum Gasteiger partial charge on any atom is -0.508 e. The van der Waals surface area contributed by atoms with Crippen molar-refractivity contribution in [2.24, 2.45) is 0 Å². The van der Waals surface area contributed by atoms with Crippen molar-refractivity contribution in [2.45, 2.75) is 31.7 Å². The number of carbonyl (C=O) groups is 1. The number of hydrogen-bond donors (Lipinski definition) is 2. The van der Waals surface area contributed by atoms with Crippen LogP contribution >= 0.6 is 11.6 Å². The minimum absolute atomic E-state index is 0.0753. The molecule has 0 radical (unpaired) electrons. The largest absolute Gasteiger partial charge is 0.508 e. The number of rotatable bonds is 4. The van der Waals surface area contributed by atoms with Gasteiger partial charge in [-0.2, -0.15) is 0 Å². The smallest absolute Gasteiger partial charge is 0.228 e. The predicted octanol–water partition coefficient (Wildman–Crippen LogP) is 2.99. The quantitative estimate of drug-likeness (QED) is 0.864. The summed E-state index contributed by atoms with van der Waals surface area (Å²) in [4.78, 5) is 14.5. The van der Waals surface area contributed by atoms with E-state index in [0.29, 0.717) is 10.6 Å². The molecule has 0 saturated carbocycles. The molecule has 0 spiro atoms. The Bertz CT molecular complexity index is 709. The maximum Gasteiger partial charge on any atom is 0.228 e. The topological polar surface area (TPSA) is 61.8 Å². The first-order valence-corrected chi connectivity index (χ1v) is 8.84. The highest BCUT2D eigenvalue weighted by atomic mass is 35.5. The first-order chi connectivity index (χ1) is 12.0. The van der Waals surface area contributed by atoms with E-state index in [9.17, 15) is 9.90 Å². The lowest BCUT2D eigenvalue weighted by molar-refractivity contribution is -0.119. The highest BCUT2D eigenvalue weighted by Gasteiger charge is 2.32. The molecule has 134 valence electrons. The van der Waals surface area contributed by atoms with Crippen LogP contribution in [-0.2, 0) is 16.0 Å². The van der Waals surface area contributed by atoms with Gasteiger partial charge in [0.25, 0.3) is 0 Å². The van der Waals surface area contributed by atoms with Crippen molar-refractivity contribution >= 4 is 17.5 Å². The Morgan fingerprint density at radius 3 is 2.84 bits per heavy atom. The van der Waals surface area contributed by atoms with Crippen LogP contribution in [0.25, 0.3) is 0 Å². The van der Waals surface area contributed by atoms with Crippen molar-refractivity contribution in [1.82, 2.24) is 10.2 Å². The Morgan fingerprint density at radius 2 is 2.16 bits per heavy atom. The normalized spacial score (nSPS) is 19.4. The van der Waals surface area contributed by atoms with Crippen LogP contribution in [0.2, 0.25) is 5.02 Å². The van der Waals surface area contributed by atoms with E-state index in [1.54, 1.807) is 12.1 Å². The number of nitrogens with zero attached hydrogens (tertiary/aromatic N) is 1. The zero-order valence-corrected chi connectivity index (χ0v) is 15.1.